The number of methoxy groups -OCH3 is 3. The molecular formula is C15H22BrNO4. The van der Waals surface area contributed by atoms with Crippen molar-refractivity contribution in [2.75, 3.05) is 33.2 Å². The van der Waals surface area contributed by atoms with E-state index in [4.69, 9.17) is 14.2 Å². The second-order valence-corrected chi connectivity index (χ2v) is 5.18. The Balaban J connectivity index is 2.79. The highest BCUT2D eigenvalue weighted by Gasteiger charge is 2.20. The van der Waals surface area contributed by atoms with Gasteiger partial charge in [-0.25, -0.2) is 0 Å². The predicted molar refractivity (Wildman–Crippen MR) is 86.1 cm³/mol. The zero-order chi connectivity index (χ0) is 15.7. The molecular weight excluding hydrogens is 338 g/mol. The van der Waals surface area contributed by atoms with Gasteiger partial charge in [0.2, 0.25) is 5.75 Å². The van der Waals surface area contributed by atoms with Crippen LogP contribution in [0.4, 0.5) is 0 Å². The molecule has 0 saturated heterocycles. The van der Waals surface area contributed by atoms with E-state index in [0.717, 1.165) is 24.6 Å². The lowest BCUT2D eigenvalue weighted by atomic mass is 10.1. The molecule has 0 unspecified atom stereocenters. The fraction of sp³-hybridized carbons (Fsp3) is 0.533. The minimum Gasteiger partial charge on any atom is -0.493 e. The quantitative estimate of drug-likeness (QED) is 0.543. The number of benzene rings is 1. The zero-order valence-corrected chi connectivity index (χ0v) is 14.3. The number of alkyl halides is 1. The van der Waals surface area contributed by atoms with Gasteiger partial charge in [0, 0.05) is 11.9 Å². The highest BCUT2D eigenvalue weighted by atomic mass is 79.9. The van der Waals surface area contributed by atoms with E-state index in [9.17, 15) is 4.79 Å². The number of amides is 1. The smallest absolute Gasteiger partial charge is 0.255 e. The van der Waals surface area contributed by atoms with E-state index in [1.54, 1.807) is 19.2 Å². The molecule has 1 N–H and O–H groups in total. The number of unbranched alkanes of at least 4 members (excludes halogenated alkanes) is 2. The van der Waals surface area contributed by atoms with Gasteiger partial charge in [-0.2, -0.15) is 0 Å². The van der Waals surface area contributed by atoms with E-state index in [0.29, 0.717) is 29.4 Å². The molecule has 6 heteroatoms. The summed E-state index contributed by atoms with van der Waals surface area (Å²) in [7, 11) is 4.56. The summed E-state index contributed by atoms with van der Waals surface area (Å²) in [6.45, 7) is 0.642. The van der Waals surface area contributed by atoms with Gasteiger partial charge in [0.05, 0.1) is 26.9 Å². The van der Waals surface area contributed by atoms with Crippen LogP contribution in [0.3, 0.4) is 0 Å². The average Bonchev–Trinajstić information content (AvgIpc) is 2.52. The molecule has 0 saturated carbocycles. The first-order valence-corrected chi connectivity index (χ1v) is 7.94. The number of ether oxygens (including phenoxy) is 3. The molecule has 1 aromatic carbocycles. The monoisotopic (exact) mass is 359 g/mol. The predicted octanol–water partition coefficient (Wildman–Crippen LogP) is 3.01. The van der Waals surface area contributed by atoms with Crippen molar-refractivity contribution in [3.63, 3.8) is 0 Å². The first kappa shape index (κ1) is 17.6. The topological polar surface area (TPSA) is 56.8 Å². The average molecular weight is 360 g/mol. The lowest BCUT2D eigenvalue weighted by Crippen LogP contribution is -2.25. The zero-order valence-electron chi connectivity index (χ0n) is 12.7. The molecule has 0 aromatic heterocycles. The lowest BCUT2D eigenvalue weighted by molar-refractivity contribution is 0.0949. The van der Waals surface area contributed by atoms with Crippen LogP contribution >= 0.6 is 15.9 Å². The Morgan fingerprint density at radius 1 is 1.05 bits per heavy atom. The van der Waals surface area contributed by atoms with E-state index < -0.39 is 0 Å². The number of carbonyl (C=O) groups excluding carboxylic acids is 1. The van der Waals surface area contributed by atoms with Crippen LogP contribution in [0.5, 0.6) is 17.2 Å². The van der Waals surface area contributed by atoms with Gasteiger partial charge in [-0.05, 0) is 25.0 Å². The first-order chi connectivity index (χ1) is 10.2. The minimum atomic E-state index is -0.174. The van der Waals surface area contributed by atoms with Gasteiger partial charge in [0.15, 0.2) is 11.5 Å². The van der Waals surface area contributed by atoms with Crippen molar-refractivity contribution in [2.24, 2.45) is 0 Å². The molecule has 21 heavy (non-hydrogen) atoms. The van der Waals surface area contributed by atoms with Crippen LogP contribution in [0.15, 0.2) is 12.1 Å². The number of halogens is 1. The molecule has 118 valence electrons. The third-order valence-corrected chi connectivity index (χ3v) is 3.61. The number of carbonyl (C=O) groups is 1. The molecule has 1 rings (SSSR count). The molecule has 0 heterocycles. The van der Waals surface area contributed by atoms with Crippen LogP contribution in [-0.2, 0) is 0 Å². The summed E-state index contributed by atoms with van der Waals surface area (Å²) in [5, 5.41) is 3.88. The van der Waals surface area contributed by atoms with E-state index in [1.165, 1.54) is 14.2 Å². The van der Waals surface area contributed by atoms with Gasteiger partial charge in [-0.1, -0.05) is 22.4 Å². The second-order valence-electron chi connectivity index (χ2n) is 4.39. The van der Waals surface area contributed by atoms with Gasteiger partial charge in [0.1, 0.15) is 0 Å². The summed E-state index contributed by atoms with van der Waals surface area (Å²) >= 11 is 3.39. The molecule has 0 bridgehead atoms. The SMILES string of the molecule is COc1ccc(C(=O)NCCCCCBr)c(OC)c1OC. The van der Waals surface area contributed by atoms with Crippen molar-refractivity contribution in [3.05, 3.63) is 17.7 Å². The number of rotatable bonds is 9. The largest absolute Gasteiger partial charge is 0.493 e. The molecule has 1 amide bonds. The Kier molecular flexibility index (Phi) is 7.97. The molecule has 0 atom stereocenters. The van der Waals surface area contributed by atoms with Crippen LogP contribution < -0.4 is 19.5 Å². The number of nitrogens with one attached hydrogen (secondary N) is 1. The van der Waals surface area contributed by atoms with E-state index >= 15 is 0 Å². The summed E-state index contributed by atoms with van der Waals surface area (Å²) in [6.07, 6.45) is 3.14. The van der Waals surface area contributed by atoms with Crippen LogP contribution in [0.1, 0.15) is 29.6 Å². The fourth-order valence-electron chi connectivity index (χ4n) is 1.97. The third kappa shape index (κ3) is 4.81. The molecule has 0 aliphatic carbocycles. The minimum absolute atomic E-state index is 0.174. The highest BCUT2D eigenvalue weighted by molar-refractivity contribution is 9.09. The van der Waals surface area contributed by atoms with Crippen LogP contribution in [-0.4, -0.2) is 39.1 Å². The number of hydrogen-bond acceptors (Lipinski definition) is 4. The third-order valence-electron chi connectivity index (χ3n) is 3.04. The Labute approximate surface area is 134 Å². The van der Waals surface area contributed by atoms with Crippen molar-refractivity contribution in [3.8, 4) is 17.2 Å². The summed E-state index contributed by atoms with van der Waals surface area (Å²) < 4.78 is 15.8. The standard InChI is InChI=1S/C15H22BrNO4/c1-19-12-8-7-11(13(20-2)14(12)21-3)15(18)17-10-6-4-5-9-16/h7-8H,4-6,9-10H2,1-3H3,(H,17,18). The van der Waals surface area contributed by atoms with Crippen molar-refractivity contribution in [1.29, 1.82) is 0 Å². The van der Waals surface area contributed by atoms with Gasteiger partial charge >= 0.3 is 0 Å². The van der Waals surface area contributed by atoms with E-state index in [2.05, 4.69) is 21.2 Å². The molecule has 0 aliphatic rings. The molecule has 0 radical (unpaired) electrons. The van der Waals surface area contributed by atoms with Gasteiger partial charge in [-0.3, -0.25) is 4.79 Å². The van der Waals surface area contributed by atoms with Crippen molar-refractivity contribution in [1.82, 2.24) is 5.32 Å². The van der Waals surface area contributed by atoms with Gasteiger partial charge < -0.3 is 19.5 Å². The van der Waals surface area contributed by atoms with Gasteiger partial charge in [-0.15, -0.1) is 0 Å². The van der Waals surface area contributed by atoms with Crippen LogP contribution in [0.2, 0.25) is 0 Å². The van der Waals surface area contributed by atoms with Crippen molar-refractivity contribution < 1.29 is 19.0 Å². The highest BCUT2D eigenvalue weighted by Crippen LogP contribution is 2.39. The molecule has 5 nitrogen and oxygen atoms in total. The van der Waals surface area contributed by atoms with Crippen LogP contribution in [0, 0.1) is 0 Å². The second kappa shape index (κ2) is 9.50. The number of hydrogen-bond donors (Lipinski definition) is 1. The van der Waals surface area contributed by atoms with E-state index in [-0.39, 0.29) is 5.91 Å². The Morgan fingerprint density at radius 3 is 2.33 bits per heavy atom. The van der Waals surface area contributed by atoms with Crippen molar-refractivity contribution in [2.45, 2.75) is 19.3 Å². The molecule has 0 aliphatic heterocycles. The van der Waals surface area contributed by atoms with Crippen LogP contribution in [0.25, 0.3) is 0 Å². The van der Waals surface area contributed by atoms with Crippen molar-refractivity contribution >= 4 is 21.8 Å². The van der Waals surface area contributed by atoms with E-state index in [1.807, 2.05) is 0 Å². The normalized spacial score (nSPS) is 10.1. The van der Waals surface area contributed by atoms with Gasteiger partial charge in [0.25, 0.3) is 5.91 Å². The maximum Gasteiger partial charge on any atom is 0.255 e. The maximum absolute atomic E-state index is 12.2. The lowest BCUT2D eigenvalue weighted by Gasteiger charge is -2.15. The summed E-state index contributed by atoms with van der Waals surface area (Å²) in [5.74, 6) is 1.16. The Hall–Kier alpha value is -1.43. The summed E-state index contributed by atoms with van der Waals surface area (Å²) in [4.78, 5) is 12.2. The fourth-order valence-corrected chi connectivity index (χ4v) is 2.37. The Morgan fingerprint density at radius 2 is 1.76 bits per heavy atom. The molecule has 1 aromatic rings. The maximum atomic E-state index is 12.2. The molecule has 0 fully saturated rings. The Bertz CT molecular complexity index is 465. The molecule has 0 spiro atoms. The summed E-state index contributed by atoms with van der Waals surface area (Å²) in [5.41, 5.74) is 0.440. The summed E-state index contributed by atoms with van der Waals surface area (Å²) in [6, 6.07) is 3.37. The first-order valence-electron chi connectivity index (χ1n) is 6.82.